The standard InChI is InChI=1S/C28H26N2O5S/c1-2-34-27-17-10-22(28(31)30-24-11-15-26(16-12-24)36(29,32)33)18-23(27)19-35-25-13-8-21(9-14-25)20-6-4-3-5-7-20/h3-18H,2,19H2,1H3,(H,30,31)(H2,29,32,33). The Labute approximate surface area is 210 Å². The van der Waals surface area contributed by atoms with E-state index in [1.54, 1.807) is 18.2 Å². The van der Waals surface area contributed by atoms with Crippen molar-refractivity contribution in [3.63, 3.8) is 0 Å². The van der Waals surface area contributed by atoms with E-state index in [2.05, 4.69) is 17.4 Å². The van der Waals surface area contributed by atoms with Gasteiger partial charge in [-0.05, 0) is 72.6 Å². The molecule has 0 fully saturated rings. The summed E-state index contributed by atoms with van der Waals surface area (Å²) in [6.07, 6.45) is 0. The maximum Gasteiger partial charge on any atom is 0.255 e. The minimum atomic E-state index is -3.80. The van der Waals surface area contributed by atoms with E-state index in [9.17, 15) is 13.2 Å². The van der Waals surface area contributed by atoms with Crippen molar-refractivity contribution >= 4 is 21.6 Å². The van der Waals surface area contributed by atoms with Gasteiger partial charge in [-0.3, -0.25) is 4.79 Å². The van der Waals surface area contributed by atoms with E-state index in [0.717, 1.165) is 16.7 Å². The van der Waals surface area contributed by atoms with Gasteiger partial charge in [-0.2, -0.15) is 0 Å². The summed E-state index contributed by atoms with van der Waals surface area (Å²) in [6.45, 7) is 2.57. The third kappa shape index (κ3) is 6.29. The first-order valence-corrected chi connectivity index (χ1v) is 12.9. The van der Waals surface area contributed by atoms with Crippen molar-refractivity contribution in [2.45, 2.75) is 18.4 Å². The number of nitrogens with one attached hydrogen (secondary N) is 1. The highest BCUT2D eigenvalue weighted by Crippen LogP contribution is 2.26. The average molecular weight is 503 g/mol. The monoisotopic (exact) mass is 502 g/mol. The van der Waals surface area contributed by atoms with Crippen molar-refractivity contribution in [1.29, 1.82) is 0 Å². The summed E-state index contributed by atoms with van der Waals surface area (Å²) >= 11 is 0. The summed E-state index contributed by atoms with van der Waals surface area (Å²) in [4.78, 5) is 12.8. The SMILES string of the molecule is CCOc1ccc(C(=O)Nc2ccc(S(N)(=O)=O)cc2)cc1COc1ccc(-c2ccccc2)cc1. The van der Waals surface area contributed by atoms with Gasteiger partial charge < -0.3 is 14.8 Å². The summed E-state index contributed by atoms with van der Waals surface area (Å²) in [5.41, 5.74) is 3.79. The molecular weight excluding hydrogens is 476 g/mol. The smallest absolute Gasteiger partial charge is 0.255 e. The third-order valence-corrected chi connectivity index (χ3v) is 6.35. The van der Waals surface area contributed by atoms with Gasteiger partial charge in [0.15, 0.2) is 0 Å². The number of primary sulfonamides is 1. The second-order valence-corrected chi connectivity index (χ2v) is 9.52. The molecule has 0 spiro atoms. The molecule has 0 radical (unpaired) electrons. The number of ether oxygens (including phenoxy) is 2. The van der Waals surface area contributed by atoms with Crippen molar-refractivity contribution in [1.82, 2.24) is 0 Å². The number of sulfonamides is 1. The van der Waals surface area contributed by atoms with Crippen LogP contribution in [0, 0.1) is 0 Å². The van der Waals surface area contributed by atoms with Crippen LogP contribution in [-0.2, 0) is 16.6 Å². The first-order valence-electron chi connectivity index (χ1n) is 11.3. The topological polar surface area (TPSA) is 108 Å². The molecule has 36 heavy (non-hydrogen) atoms. The van der Waals surface area contributed by atoms with Gasteiger partial charge in [-0.25, -0.2) is 13.6 Å². The van der Waals surface area contributed by atoms with Gasteiger partial charge in [0.05, 0.1) is 11.5 Å². The second-order valence-electron chi connectivity index (χ2n) is 7.96. The minimum absolute atomic E-state index is 0.0298. The number of nitrogens with two attached hydrogens (primary N) is 1. The van der Waals surface area contributed by atoms with E-state index in [-0.39, 0.29) is 17.4 Å². The first kappa shape index (κ1) is 25.0. The minimum Gasteiger partial charge on any atom is -0.493 e. The molecule has 4 rings (SSSR count). The van der Waals surface area contributed by atoms with Crippen LogP contribution in [-0.4, -0.2) is 20.9 Å². The molecule has 0 saturated carbocycles. The van der Waals surface area contributed by atoms with Gasteiger partial charge in [0, 0.05) is 16.8 Å². The van der Waals surface area contributed by atoms with E-state index in [1.165, 1.54) is 24.3 Å². The molecule has 0 bridgehead atoms. The lowest BCUT2D eigenvalue weighted by Gasteiger charge is -2.14. The van der Waals surface area contributed by atoms with Gasteiger partial charge in [0.1, 0.15) is 18.1 Å². The molecule has 4 aromatic rings. The molecule has 0 aliphatic carbocycles. The lowest BCUT2D eigenvalue weighted by molar-refractivity contribution is 0.102. The fourth-order valence-electron chi connectivity index (χ4n) is 3.60. The Hall–Kier alpha value is -4.14. The summed E-state index contributed by atoms with van der Waals surface area (Å²) in [7, 11) is -3.80. The molecule has 0 aromatic heterocycles. The normalized spacial score (nSPS) is 11.1. The van der Waals surface area contributed by atoms with Crippen LogP contribution >= 0.6 is 0 Å². The van der Waals surface area contributed by atoms with Crippen molar-refractivity contribution in [3.05, 3.63) is 108 Å². The molecule has 0 aliphatic heterocycles. The van der Waals surface area contributed by atoms with E-state index in [4.69, 9.17) is 14.6 Å². The van der Waals surface area contributed by atoms with E-state index >= 15 is 0 Å². The number of amides is 1. The summed E-state index contributed by atoms with van der Waals surface area (Å²) in [5, 5.41) is 7.88. The molecule has 1 amide bonds. The van der Waals surface area contributed by atoms with Gasteiger partial charge in [0.25, 0.3) is 5.91 Å². The van der Waals surface area contributed by atoms with E-state index in [1.807, 2.05) is 49.4 Å². The molecule has 8 heteroatoms. The Kier molecular flexibility index (Phi) is 7.68. The third-order valence-electron chi connectivity index (χ3n) is 5.42. The highest BCUT2D eigenvalue weighted by Gasteiger charge is 2.13. The van der Waals surface area contributed by atoms with E-state index < -0.39 is 10.0 Å². The highest BCUT2D eigenvalue weighted by molar-refractivity contribution is 7.89. The molecule has 0 heterocycles. The van der Waals surface area contributed by atoms with Crippen LogP contribution in [0.1, 0.15) is 22.8 Å². The zero-order chi connectivity index (χ0) is 25.5. The van der Waals surface area contributed by atoms with Gasteiger partial charge in [0.2, 0.25) is 10.0 Å². The second kappa shape index (κ2) is 11.1. The molecule has 4 aromatic carbocycles. The van der Waals surface area contributed by atoms with Crippen LogP contribution in [0.5, 0.6) is 11.5 Å². The van der Waals surface area contributed by atoms with Crippen molar-refractivity contribution in [2.24, 2.45) is 5.14 Å². The van der Waals surface area contributed by atoms with Crippen LogP contribution in [0.25, 0.3) is 11.1 Å². The fraction of sp³-hybridized carbons (Fsp3) is 0.107. The van der Waals surface area contributed by atoms with E-state index in [0.29, 0.717) is 29.4 Å². The van der Waals surface area contributed by atoms with Gasteiger partial charge in [-0.1, -0.05) is 42.5 Å². The predicted octanol–water partition coefficient (Wildman–Crippen LogP) is 5.23. The highest BCUT2D eigenvalue weighted by atomic mass is 32.2. The number of benzene rings is 4. The molecule has 0 aliphatic rings. The summed E-state index contributed by atoms with van der Waals surface area (Å²) < 4.78 is 34.6. The first-order chi connectivity index (χ1) is 17.3. The van der Waals surface area contributed by atoms with Crippen LogP contribution in [0.4, 0.5) is 5.69 Å². The van der Waals surface area contributed by atoms with Crippen LogP contribution < -0.4 is 19.9 Å². The van der Waals surface area contributed by atoms with Crippen LogP contribution in [0.2, 0.25) is 0 Å². The molecule has 0 unspecified atom stereocenters. The molecule has 0 atom stereocenters. The van der Waals surface area contributed by atoms with Crippen molar-refractivity contribution in [3.8, 4) is 22.6 Å². The molecule has 3 N–H and O–H groups in total. The fourth-order valence-corrected chi connectivity index (χ4v) is 4.11. The summed E-state index contributed by atoms with van der Waals surface area (Å²) in [5.74, 6) is 0.976. The number of carbonyl (C=O) groups excluding carboxylic acids is 1. The van der Waals surface area contributed by atoms with Gasteiger partial charge >= 0.3 is 0 Å². The van der Waals surface area contributed by atoms with Crippen molar-refractivity contribution < 1.29 is 22.7 Å². The van der Waals surface area contributed by atoms with Crippen LogP contribution in [0.15, 0.2) is 102 Å². The zero-order valence-electron chi connectivity index (χ0n) is 19.7. The largest absolute Gasteiger partial charge is 0.493 e. The molecule has 7 nitrogen and oxygen atoms in total. The predicted molar refractivity (Wildman–Crippen MR) is 140 cm³/mol. The Morgan fingerprint density at radius 3 is 2.14 bits per heavy atom. The number of hydrogen-bond donors (Lipinski definition) is 2. The Morgan fingerprint density at radius 2 is 1.50 bits per heavy atom. The number of rotatable bonds is 9. The Balaban J connectivity index is 1.47. The van der Waals surface area contributed by atoms with Crippen LogP contribution in [0.3, 0.4) is 0 Å². The molecule has 184 valence electrons. The lowest BCUT2D eigenvalue weighted by Crippen LogP contribution is -2.14. The number of anilines is 1. The lowest BCUT2D eigenvalue weighted by atomic mass is 10.1. The zero-order valence-corrected chi connectivity index (χ0v) is 20.5. The molecular formula is C28H26N2O5S. The Morgan fingerprint density at radius 1 is 0.833 bits per heavy atom. The number of hydrogen-bond acceptors (Lipinski definition) is 5. The quantitative estimate of drug-likeness (QED) is 0.326. The van der Waals surface area contributed by atoms with Gasteiger partial charge in [-0.15, -0.1) is 0 Å². The number of carbonyl (C=O) groups is 1. The summed E-state index contributed by atoms with van der Waals surface area (Å²) in [6, 6.07) is 28.7. The Bertz CT molecular complexity index is 1440. The maximum atomic E-state index is 12.8. The maximum absolute atomic E-state index is 12.8. The average Bonchev–Trinajstić information content (AvgIpc) is 2.89. The molecule has 0 saturated heterocycles. The van der Waals surface area contributed by atoms with Crippen molar-refractivity contribution in [2.75, 3.05) is 11.9 Å².